The quantitative estimate of drug-likeness (QED) is 0.479. The largest absolute Gasteiger partial charge is 0.383 e. The molecule has 0 atom stereocenters. The number of ketones is 2. The average Bonchev–Trinajstić information content (AvgIpc) is 3.27. The lowest BCUT2D eigenvalue weighted by Gasteiger charge is -2.12. The summed E-state index contributed by atoms with van der Waals surface area (Å²) in [5, 5.41) is 4.94. The molecule has 2 aromatic heterocycles. The molecule has 0 saturated heterocycles. The van der Waals surface area contributed by atoms with E-state index in [2.05, 4.69) is 10.1 Å². The Morgan fingerprint density at radius 3 is 2.37 bits per heavy atom. The maximum absolute atomic E-state index is 12.9. The average molecular weight is 356 g/mol. The van der Waals surface area contributed by atoms with Crippen LogP contribution >= 0.6 is 0 Å². The lowest BCUT2D eigenvalue weighted by atomic mass is 9.88. The van der Waals surface area contributed by atoms with E-state index in [4.69, 9.17) is 5.73 Å². The molecule has 1 aliphatic rings. The van der Waals surface area contributed by atoms with Gasteiger partial charge in [0.15, 0.2) is 5.78 Å². The fourth-order valence-electron chi connectivity index (χ4n) is 3.41. The normalized spacial score (nSPS) is 12.9. The third kappa shape index (κ3) is 2.02. The predicted molar refractivity (Wildman–Crippen MR) is 98.0 cm³/mol. The Balaban J connectivity index is 1.66. The molecule has 0 spiro atoms. The van der Waals surface area contributed by atoms with E-state index in [0.717, 1.165) is 15.6 Å². The van der Waals surface area contributed by atoms with E-state index in [-0.39, 0.29) is 33.9 Å². The molecule has 1 aliphatic carbocycles. The van der Waals surface area contributed by atoms with Crippen molar-refractivity contribution in [3.8, 4) is 0 Å². The van der Waals surface area contributed by atoms with Crippen molar-refractivity contribution < 1.29 is 14.4 Å². The monoisotopic (exact) mass is 356 g/mol. The summed E-state index contributed by atoms with van der Waals surface area (Å²) in [5.74, 6) is -1.51. The molecule has 4 aromatic rings. The zero-order valence-corrected chi connectivity index (χ0v) is 13.9. The highest BCUT2D eigenvalue weighted by molar-refractivity contribution is 6.29. The number of para-hydroxylation sites is 1. The third-order valence-electron chi connectivity index (χ3n) is 4.73. The number of nitrogen functional groups attached to an aromatic ring is 1. The smallest absolute Gasteiger partial charge is 0.296 e. The molecule has 0 saturated carbocycles. The molecule has 2 aromatic carbocycles. The van der Waals surface area contributed by atoms with Crippen LogP contribution in [0.1, 0.15) is 42.5 Å². The molecule has 0 aliphatic heterocycles. The van der Waals surface area contributed by atoms with Crippen molar-refractivity contribution >= 4 is 34.2 Å². The second-order valence-corrected chi connectivity index (χ2v) is 6.30. The number of carbonyl (C=O) groups is 3. The minimum absolute atomic E-state index is 0.0249. The number of nitrogens with two attached hydrogens (primary N) is 1. The number of carbonyl (C=O) groups excluding carboxylic acids is 3. The second kappa shape index (κ2) is 5.25. The molecular formula is C20H12N4O3. The van der Waals surface area contributed by atoms with Crippen LogP contribution < -0.4 is 5.73 Å². The van der Waals surface area contributed by atoms with Crippen LogP contribution in [-0.4, -0.2) is 32.2 Å². The Bertz CT molecular complexity index is 1260. The van der Waals surface area contributed by atoms with E-state index in [0.29, 0.717) is 0 Å². The summed E-state index contributed by atoms with van der Waals surface area (Å²) in [5.41, 5.74) is 7.51. The standard InChI is InChI=1S/C20H12N4O3/c21-19-15-16(18(26)12-7-3-2-6-11(12)17(15)25)23-24(19)20(27)14-9-10-5-1-4-8-13(10)22-14/h1-9,22H,21H2. The number of fused-ring (bicyclic) bond motifs is 3. The van der Waals surface area contributed by atoms with E-state index in [9.17, 15) is 14.4 Å². The van der Waals surface area contributed by atoms with Gasteiger partial charge in [-0.2, -0.15) is 9.78 Å². The van der Waals surface area contributed by atoms with Gasteiger partial charge < -0.3 is 10.7 Å². The molecule has 0 fully saturated rings. The van der Waals surface area contributed by atoms with Crippen LogP contribution in [0.3, 0.4) is 0 Å². The van der Waals surface area contributed by atoms with Crippen LogP contribution in [0.15, 0.2) is 54.6 Å². The SMILES string of the molecule is Nc1c2c(nn1C(=O)c1cc3ccccc3[nH]1)C(=O)c1ccccc1C2=O. The summed E-state index contributed by atoms with van der Waals surface area (Å²) < 4.78 is 0.914. The van der Waals surface area contributed by atoms with E-state index in [1.165, 1.54) is 0 Å². The summed E-state index contributed by atoms with van der Waals surface area (Å²) in [6, 6.07) is 15.6. The zero-order chi connectivity index (χ0) is 18.7. The highest BCUT2D eigenvalue weighted by atomic mass is 16.2. The number of anilines is 1. The van der Waals surface area contributed by atoms with Crippen molar-refractivity contribution in [3.05, 3.63) is 82.7 Å². The van der Waals surface area contributed by atoms with Crippen molar-refractivity contribution in [3.63, 3.8) is 0 Å². The van der Waals surface area contributed by atoms with Crippen LogP contribution in [0.5, 0.6) is 0 Å². The van der Waals surface area contributed by atoms with Gasteiger partial charge >= 0.3 is 0 Å². The van der Waals surface area contributed by atoms with E-state index in [1.807, 2.05) is 24.3 Å². The predicted octanol–water partition coefficient (Wildman–Crippen LogP) is 2.41. The van der Waals surface area contributed by atoms with Gasteiger partial charge in [-0.25, -0.2) is 0 Å². The molecule has 27 heavy (non-hydrogen) atoms. The van der Waals surface area contributed by atoms with E-state index < -0.39 is 17.5 Å². The summed E-state index contributed by atoms with van der Waals surface area (Å²) in [6.45, 7) is 0. The van der Waals surface area contributed by atoms with Crippen LogP contribution in [0.25, 0.3) is 10.9 Å². The highest BCUT2D eigenvalue weighted by Crippen LogP contribution is 2.30. The molecule has 0 amide bonds. The van der Waals surface area contributed by atoms with E-state index in [1.54, 1.807) is 30.3 Å². The fraction of sp³-hybridized carbons (Fsp3) is 0. The Hall–Kier alpha value is -4.00. The minimum atomic E-state index is -0.539. The van der Waals surface area contributed by atoms with Gasteiger partial charge in [0.1, 0.15) is 17.2 Å². The minimum Gasteiger partial charge on any atom is -0.383 e. The van der Waals surface area contributed by atoms with Gasteiger partial charge in [0.05, 0.1) is 5.56 Å². The van der Waals surface area contributed by atoms with Crippen molar-refractivity contribution in [2.24, 2.45) is 0 Å². The molecule has 3 N–H and O–H groups in total. The Kier molecular flexibility index (Phi) is 2.97. The summed E-state index contributed by atoms with van der Waals surface area (Å²) in [4.78, 5) is 41.4. The van der Waals surface area contributed by atoms with Gasteiger partial charge in [-0.05, 0) is 12.1 Å². The van der Waals surface area contributed by atoms with Gasteiger partial charge in [0.25, 0.3) is 5.91 Å². The van der Waals surface area contributed by atoms with Crippen LogP contribution in [0, 0.1) is 0 Å². The number of rotatable bonds is 1. The Morgan fingerprint density at radius 2 is 1.63 bits per heavy atom. The maximum Gasteiger partial charge on any atom is 0.296 e. The first-order chi connectivity index (χ1) is 13.1. The number of H-pyrrole nitrogens is 1. The van der Waals surface area contributed by atoms with Crippen LogP contribution in [-0.2, 0) is 0 Å². The first-order valence-corrected chi connectivity index (χ1v) is 8.25. The van der Waals surface area contributed by atoms with Gasteiger partial charge in [-0.3, -0.25) is 14.4 Å². The van der Waals surface area contributed by atoms with Crippen molar-refractivity contribution in [2.45, 2.75) is 0 Å². The summed E-state index contributed by atoms with van der Waals surface area (Å²) >= 11 is 0. The van der Waals surface area contributed by atoms with Crippen molar-refractivity contribution in [1.82, 2.24) is 14.8 Å². The first kappa shape index (κ1) is 15.3. The first-order valence-electron chi connectivity index (χ1n) is 8.25. The molecule has 2 heterocycles. The molecule has 7 heteroatoms. The molecular weight excluding hydrogens is 344 g/mol. The lowest BCUT2D eigenvalue weighted by molar-refractivity contribution is 0.0941. The fourth-order valence-corrected chi connectivity index (χ4v) is 3.41. The van der Waals surface area contributed by atoms with Crippen molar-refractivity contribution in [1.29, 1.82) is 0 Å². The van der Waals surface area contributed by atoms with Crippen molar-refractivity contribution in [2.75, 3.05) is 5.73 Å². The van der Waals surface area contributed by atoms with Gasteiger partial charge in [0.2, 0.25) is 5.78 Å². The number of benzene rings is 2. The van der Waals surface area contributed by atoms with Crippen LogP contribution in [0.4, 0.5) is 5.82 Å². The topological polar surface area (TPSA) is 111 Å². The Morgan fingerprint density at radius 1 is 0.963 bits per heavy atom. The number of hydrogen-bond acceptors (Lipinski definition) is 5. The number of hydrogen-bond donors (Lipinski definition) is 2. The number of nitrogens with one attached hydrogen (secondary N) is 1. The molecule has 0 radical (unpaired) electrons. The second-order valence-electron chi connectivity index (χ2n) is 6.30. The van der Waals surface area contributed by atoms with Crippen LogP contribution in [0.2, 0.25) is 0 Å². The highest BCUT2D eigenvalue weighted by Gasteiger charge is 2.36. The molecule has 7 nitrogen and oxygen atoms in total. The summed E-state index contributed by atoms with van der Waals surface area (Å²) in [6.07, 6.45) is 0. The zero-order valence-electron chi connectivity index (χ0n) is 13.9. The maximum atomic E-state index is 12.9. The molecule has 5 rings (SSSR count). The summed E-state index contributed by atoms with van der Waals surface area (Å²) in [7, 11) is 0. The number of nitrogens with zero attached hydrogens (tertiary/aromatic N) is 2. The molecule has 0 bridgehead atoms. The third-order valence-corrected chi connectivity index (χ3v) is 4.73. The Labute approximate surface area is 152 Å². The lowest BCUT2D eigenvalue weighted by Crippen LogP contribution is -2.20. The van der Waals surface area contributed by atoms with E-state index >= 15 is 0 Å². The molecule has 0 unspecified atom stereocenters. The van der Waals surface area contributed by atoms with Gasteiger partial charge in [-0.15, -0.1) is 0 Å². The van der Waals surface area contributed by atoms with Gasteiger partial charge in [0, 0.05) is 22.0 Å². The van der Waals surface area contributed by atoms with Gasteiger partial charge in [-0.1, -0.05) is 42.5 Å². The number of aromatic amines is 1. The molecule has 130 valence electrons. The number of aromatic nitrogens is 3.